The number of nitrogen functional groups attached to an aromatic ring is 1. The topological polar surface area (TPSA) is 118 Å². The van der Waals surface area contributed by atoms with E-state index in [2.05, 4.69) is 52.1 Å². The Morgan fingerprint density at radius 2 is 1.70 bits per heavy atom. The first kappa shape index (κ1) is 22.2. The lowest BCUT2D eigenvalue weighted by Crippen LogP contribution is -2.32. The molecule has 0 amide bonds. The van der Waals surface area contributed by atoms with Crippen LogP contribution < -0.4 is 16.4 Å². The van der Waals surface area contributed by atoms with Gasteiger partial charge < -0.3 is 21.5 Å². The van der Waals surface area contributed by atoms with E-state index < -0.39 is 12.0 Å². The van der Waals surface area contributed by atoms with Gasteiger partial charge in [-0.05, 0) is 41.3 Å². The largest absolute Gasteiger partial charge is 0.480 e. The number of aliphatic carboxylic acids is 1. The van der Waals surface area contributed by atoms with Gasteiger partial charge in [-0.15, -0.1) is 0 Å². The number of carbonyl (C=O) groups is 1. The van der Waals surface area contributed by atoms with Crippen molar-refractivity contribution in [2.24, 2.45) is 5.73 Å². The first-order valence-corrected chi connectivity index (χ1v) is 10.8. The number of hydrogen-bond donors (Lipinski definition) is 3. The molecule has 1 aromatic heterocycles. The molecule has 0 fully saturated rings. The fourth-order valence-electron chi connectivity index (χ4n) is 3.82. The Hall–Kier alpha value is -3.97. The molecule has 4 rings (SSSR count). The average molecular weight is 442 g/mol. The molecule has 0 spiro atoms. The van der Waals surface area contributed by atoms with Gasteiger partial charge in [-0.3, -0.25) is 4.79 Å². The summed E-state index contributed by atoms with van der Waals surface area (Å²) in [6, 6.07) is 23.3. The number of fused-ring (bicyclic) bond motifs is 1. The Morgan fingerprint density at radius 1 is 1.00 bits per heavy atom. The second kappa shape index (κ2) is 9.26. The quantitative estimate of drug-likeness (QED) is 0.396. The number of rotatable bonds is 7. The summed E-state index contributed by atoms with van der Waals surface area (Å²) in [5.74, 6) is -0.108. The van der Waals surface area contributed by atoms with E-state index in [1.807, 2.05) is 49.5 Å². The minimum Gasteiger partial charge on any atom is -0.480 e. The van der Waals surface area contributed by atoms with Crippen LogP contribution in [-0.4, -0.2) is 34.1 Å². The molecule has 33 heavy (non-hydrogen) atoms. The second-order valence-corrected chi connectivity index (χ2v) is 8.21. The zero-order valence-electron chi connectivity index (χ0n) is 18.6. The Kier molecular flexibility index (Phi) is 6.24. The third-order valence-corrected chi connectivity index (χ3v) is 5.95. The maximum atomic E-state index is 11.0. The van der Waals surface area contributed by atoms with Gasteiger partial charge in [-0.2, -0.15) is 4.98 Å². The molecule has 0 bridgehead atoms. The van der Waals surface area contributed by atoms with E-state index in [1.54, 1.807) is 0 Å². The lowest BCUT2D eigenvalue weighted by Gasteiger charge is -2.27. The highest BCUT2D eigenvalue weighted by molar-refractivity contribution is 5.83. The Morgan fingerprint density at radius 3 is 2.39 bits per heavy atom. The highest BCUT2D eigenvalue weighted by Crippen LogP contribution is 2.29. The van der Waals surface area contributed by atoms with Crippen LogP contribution >= 0.6 is 0 Å². The molecule has 0 aliphatic carbocycles. The smallest absolute Gasteiger partial charge is 0.320 e. The number of aromatic nitrogens is 2. The van der Waals surface area contributed by atoms with Crippen molar-refractivity contribution < 1.29 is 9.90 Å². The van der Waals surface area contributed by atoms with E-state index >= 15 is 0 Å². The fraction of sp³-hybridized carbons (Fsp3) is 0.192. The van der Waals surface area contributed by atoms with E-state index in [1.165, 1.54) is 16.3 Å². The number of nitrogens with zero attached hydrogens (tertiary/aromatic N) is 3. The van der Waals surface area contributed by atoms with E-state index in [4.69, 9.17) is 16.6 Å². The highest BCUT2D eigenvalue weighted by Gasteiger charge is 2.17. The maximum Gasteiger partial charge on any atom is 0.320 e. The fourth-order valence-corrected chi connectivity index (χ4v) is 3.82. The number of nitrogens with two attached hydrogens (primary N) is 2. The maximum absolute atomic E-state index is 11.0. The van der Waals surface area contributed by atoms with Crippen molar-refractivity contribution in [1.82, 2.24) is 9.97 Å². The van der Waals surface area contributed by atoms with Crippen molar-refractivity contribution in [1.29, 1.82) is 0 Å². The van der Waals surface area contributed by atoms with Gasteiger partial charge in [0.1, 0.15) is 11.9 Å². The number of benzene rings is 3. The predicted molar refractivity (Wildman–Crippen MR) is 132 cm³/mol. The zero-order valence-corrected chi connectivity index (χ0v) is 18.6. The standard InChI is InChI=1S/C26H27N5O2/c1-16(20-12-11-18-5-3-4-6-21(18)14-20)31(2)24-15-23(29-26(28)30-24)19-9-7-17(8-10-19)13-22(27)25(32)33/h3-12,14-16,22H,13,27H2,1-2H3,(H,32,33)(H2,28,29,30)/t16-,22?/m1/s1. The lowest BCUT2D eigenvalue weighted by atomic mass is 10.0. The van der Waals surface area contributed by atoms with Gasteiger partial charge in [-0.1, -0.05) is 60.7 Å². The lowest BCUT2D eigenvalue weighted by molar-refractivity contribution is -0.138. The van der Waals surface area contributed by atoms with Crippen LogP contribution in [0.25, 0.3) is 22.0 Å². The Bertz CT molecular complexity index is 1290. The van der Waals surface area contributed by atoms with Gasteiger partial charge in [0.05, 0.1) is 11.7 Å². The van der Waals surface area contributed by atoms with E-state index in [0.29, 0.717) is 5.69 Å². The summed E-state index contributed by atoms with van der Waals surface area (Å²) in [5.41, 5.74) is 15.3. The minimum atomic E-state index is -1.02. The number of anilines is 2. The normalized spacial score (nSPS) is 12.9. The molecule has 5 N–H and O–H groups in total. The van der Waals surface area contributed by atoms with Crippen LogP contribution in [0.2, 0.25) is 0 Å². The molecule has 0 aliphatic rings. The van der Waals surface area contributed by atoms with Gasteiger partial charge in [-0.25, -0.2) is 4.98 Å². The van der Waals surface area contributed by atoms with Gasteiger partial charge in [0, 0.05) is 18.7 Å². The Balaban J connectivity index is 1.58. The summed E-state index contributed by atoms with van der Waals surface area (Å²) in [6.45, 7) is 2.13. The second-order valence-electron chi connectivity index (χ2n) is 8.21. The summed E-state index contributed by atoms with van der Waals surface area (Å²) < 4.78 is 0. The van der Waals surface area contributed by atoms with E-state index in [9.17, 15) is 4.79 Å². The summed E-state index contributed by atoms with van der Waals surface area (Å²) >= 11 is 0. The third-order valence-electron chi connectivity index (χ3n) is 5.95. The van der Waals surface area contributed by atoms with Crippen LogP contribution in [0.15, 0.2) is 72.8 Å². The molecule has 4 aromatic rings. The van der Waals surface area contributed by atoms with E-state index in [-0.39, 0.29) is 18.4 Å². The van der Waals surface area contributed by atoms with Gasteiger partial charge >= 0.3 is 5.97 Å². The molecular weight excluding hydrogens is 414 g/mol. The molecule has 0 saturated carbocycles. The molecule has 2 atom stereocenters. The third kappa shape index (κ3) is 4.94. The summed E-state index contributed by atoms with van der Waals surface area (Å²) in [7, 11) is 1.99. The van der Waals surface area contributed by atoms with Crippen LogP contribution in [-0.2, 0) is 11.2 Å². The van der Waals surface area contributed by atoms with Crippen LogP contribution in [0.1, 0.15) is 24.1 Å². The molecule has 3 aromatic carbocycles. The van der Waals surface area contributed by atoms with Crippen molar-refractivity contribution in [3.05, 3.63) is 83.9 Å². The number of hydrogen-bond acceptors (Lipinski definition) is 6. The molecule has 0 aliphatic heterocycles. The van der Waals surface area contributed by atoms with Gasteiger partial charge in [0.2, 0.25) is 5.95 Å². The average Bonchev–Trinajstić information content (AvgIpc) is 2.82. The van der Waals surface area contributed by atoms with E-state index in [0.717, 1.165) is 16.9 Å². The first-order chi connectivity index (χ1) is 15.8. The molecule has 0 radical (unpaired) electrons. The highest BCUT2D eigenvalue weighted by atomic mass is 16.4. The molecule has 1 heterocycles. The predicted octanol–water partition coefficient (Wildman–Crippen LogP) is 4.03. The van der Waals surface area contributed by atoms with Gasteiger partial charge in [0.15, 0.2) is 0 Å². The Labute approximate surface area is 192 Å². The minimum absolute atomic E-state index is 0.0663. The van der Waals surface area contributed by atoms with Crippen molar-refractivity contribution in [3.63, 3.8) is 0 Å². The molecular formula is C26H27N5O2. The molecule has 0 saturated heterocycles. The van der Waals surface area contributed by atoms with Crippen molar-refractivity contribution in [3.8, 4) is 11.3 Å². The molecule has 168 valence electrons. The van der Waals surface area contributed by atoms with Gasteiger partial charge in [0.25, 0.3) is 0 Å². The number of carboxylic acids is 1. The van der Waals surface area contributed by atoms with Crippen molar-refractivity contribution in [2.75, 3.05) is 17.7 Å². The summed E-state index contributed by atoms with van der Waals surface area (Å²) in [5, 5.41) is 11.4. The zero-order chi connectivity index (χ0) is 23.5. The molecule has 7 heteroatoms. The monoisotopic (exact) mass is 441 g/mol. The van der Waals surface area contributed by atoms with Crippen LogP contribution in [0.3, 0.4) is 0 Å². The van der Waals surface area contributed by atoms with Crippen LogP contribution in [0.5, 0.6) is 0 Å². The molecule has 7 nitrogen and oxygen atoms in total. The SMILES string of the molecule is C[C@H](c1ccc2ccccc2c1)N(C)c1cc(-c2ccc(CC(N)C(=O)O)cc2)nc(N)n1. The molecule has 1 unspecified atom stereocenters. The van der Waals surface area contributed by atoms with Crippen molar-refractivity contribution >= 4 is 28.5 Å². The van der Waals surface area contributed by atoms with Crippen molar-refractivity contribution in [2.45, 2.75) is 25.4 Å². The number of carboxylic acid groups (broad SMARTS) is 1. The summed E-state index contributed by atoms with van der Waals surface area (Å²) in [6.07, 6.45) is 0.263. The first-order valence-electron chi connectivity index (χ1n) is 10.8. The summed E-state index contributed by atoms with van der Waals surface area (Å²) in [4.78, 5) is 21.9. The van der Waals surface area contributed by atoms with Crippen LogP contribution in [0, 0.1) is 0 Å². The van der Waals surface area contributed by atoms with Crippen LogP contribution in [0.4, 0.5) is 11.8 Å².